The molecule has 0 amide bonds. The van der Waals surface area contributed by atoms with Gasteiger partial charge in [-0.05, 0) is 58.1 Å². The van der Waals surface area contributed by atoms with E-state index in [2.05, 4.69) is 43.0 Å². The Labute approximate surface area is 128 Å². The first-order valence-corrected chi connectivity index (χ1v) is 7.75. The molecule has 0 aromatic heterocycles. The van der Waals surface area contributed by atoms with Gasteiger partial charge in [-0.25, -0.2) is 0 Å². The third kappa shape index (κ3) is 3.57. The lowest BCUT2D eigenvalue weighted by Crippen LogP contribution is -2.59. The van der Waals surface area contributed by atoms with Crippen molar-refractivity contribution >= 4 is 0 Å². The first-order chi connectivity index (χ1) is 10.0. The molecule has 0 bridgehead atoms. The van der Waals surface area contributed by atoms with E-state index in [1.54, 1.807) is 7.11 Å². The molecule has 1 fully saturated rings. The molecule has 0 aliphatic carbocycles. The number of likely N-dealkylation sites (tertiary alicyclic amines) is 1. The number of hydrogen-bond acceptors (Lipinski definition) is 4. The summed E-state index contributed by atoms with van der Waals surface area (Å²) in [5.74, 6) is 0.916. The van der Waals surface area contributed by atoms with Gasteiger partial charge in [0, 0.05) is 24.7 Å². The van der Waals surface area contributed by atoms with Crippen LogP contribution in [0.3, 0.4) is 0 Å². The fourth-order valence-electron chi connectivity index (χ4n) is 3.31. The van der Waals surface area contributed by atoms with Gasteiger partial charge in [0.05, 0.1) is 7.11 Å². The van der Waals surface area contributed by atoms with E-state index in [0.29, 0.717) is 12.6 Å². The molecule has 2 N–H and O–H groups in total. The van der Waals surface area contributed by atoms with Gasteiger partial charge in [0.25, 0.3) is 0 Å². The lowest BCUT2D eigenvalue weighted by atomic mass is 9.82. The Hall–Kier alpha value is -1.10. The minimum atomic E-state index is 0.106. The number of hydrogen-bond donors (Lipinski definition) is 1. The molecule has 0 radical (unpaired) electrons. The SMILES string of the molecule is COc1cccc(CN(C)C2(CN)CCN(C)C(C)C2)c1. The summed E-state index contributed by atoms with van der Waals surface area (Å²) in [7, 11) is 6.11. The number of nitrogens with zero attached hydrogens (tertiary/aromatic N) is 2. The molecule has 0 saturated carbocycles. The van der Waals surface area contributed by atoms with Crippen molar-refractivity contribution in [1.82, 2.24) is 9.80 Å². The monoisotopic (exact) mass is 291 g/mol. The Morgan fingerprint density at radius 2 is 2.24 bits per heavy atom. The summed E-state index contributed by atoms with van der Waals surface area (Å²) >= 11 is 0. The van der Waals surface area contributed by atoms with E-state index in [1.165, 1.54) is 5.56 Å². The maximum absolute atomic E-state index is 6.17. The predicted octanol–water partition coefficient (Wildman–Crippen LogP) is 1.94. The summed E-state index contributed by atoms with van der Waals surface area (Å²) in [5, 5.41) is 0. The molecule has 118 valence electrons. The third-order valence-corrected chi connectivity index (χ3v) is 5.10. The van der Waals surface area contributed by atoms with E-state index in [4.69, 9.17) is 10.5 Å². The van der Waals surface area contributed by atoms with Gasteiger partial charge in [-0.3, -0.25) is 4.90 Å². The van der Waals surface area contributed by atoms with E-state index in [-0.39, 0.29) is 5.54 Å². The van der Waals surface area contributed by atoms with Crippen LogP contribution in [0.2, 0.25) is 0 Å². The normalized spacial score (nSPS) is 27.0. The van der Waals surface area contributed by atoms with Crippen molar-refractivity contribution in [2.24, 2.45) is 5.73 Å². The number of piperidine rings is 1. The van der Waals surface area contributed by atoms with E-state index in [9.17, 15) is 0 Å². The quantitative estimate of drug-likeness (QED) is 0.900. The average Bonchev–Trinajstić information content (AvgIpc) is 2.50. The summed E-state index contributed by atoms with van der Waals surface area (Å²) in [6.07, 6.45) is 2.26. The third-order valence-electron chi connectivity index (χ3n) is 5.10. The van der Waals surface area contributed by atoms with Crippen LogP contribution in [-0.4, -0.2) is 55.7 Å². The molecular formula is C17H29N3O. The lowest BCUT2D eigenvalue weighted by molar-refractivity contribution is 0.0221. The molecular weight excluding hydrogens is 262 g/mol. The second-order valence-corrected chi connectivity index (χ2v) is 6.42. The van der Waals surface area contributed by atoms with Gasteiger partial charge in [-0.1, -0.05) is 12.1 Å². The molecule has 2 rings (SSSR count). The number of ether oxygens (including phenoxy) is 1. The smallest absolute Gasteiger partial charge is 0.119 e. The topological polar surface area (TPSA) is 41.7 Å². The zero-order valence-electron chi connectivity index (χ0n) is 13.8. The molecule has 1 heterocycles. The minimum Gasteiger partial charge on any atom is -0.497 e. The Bertz CT molecular complexity index is 465. The number of benzene rings is 1. The Kier molecular flexibility index (Phi) is 5.25. The molecule has 21 heavy (non-hydrogen) atoms. The summed E-state index contributed by atoms with van der Waals surface area (Å²) in [6, 6.07) is 8.88. The number of nitrogens with two attached hydrogens (primary N) is 1. The van der Waals surface area contributed by atoms with Crippen LogP contribution in [-0.2, 0) is 6.54 Å². The average molecular weight is 291 g/mol. The Balaban J connectivity index is 2.11. The van der Waals surface area contributed by atoms with Gasteiger partial charge < -0.3 is 15.4 Å². The van der Waals surface area contributed by atoms with E-state index in [0.717, 1.165) is 31.7 Å². The molecule has 1 saturated heterocycles. The molecule has 2 unspecified atom stereocenters. The van der Waals surface area contributed by atoms with Crippen LogP contribution >= 0.6 is 0 Å². The summed E-state index contributed by atoms with van der Waals surface area (Å²) in [5.41, 5.74) is 7.55. The summed E-state index contributed by atoms with van der Waals surface area (Å²) < 4.78 is 5.31. The van der Waals surface area contributed by atoms with E-state index < -0.39 is 0 Å². The van der Waals surface area contributed by atoms with Crippen molar-refractivity contribution in [2.75, 3.05) is 34.3 Å². The largest absolute Gasteiger partial charge is 0.497 e. The molecule has 4 heteroatoms. The minimum absolute atomic E-state index is 0.106. The van der Waals surface area contributed by atoms with Crippen LogP contribution in [0.5, 0.6) is 5.75 Å². The molecule has 1 aliphatic heterocycles. The highest BCUT2D eigenvalue weighted by molar-refractivity contribution is 5.28. The van der Waals surface area contributed by atoms with Crippen molar-refractivity contribution in [1.29, 1.82) is 0 Å². The van der Waals surface area contributed by atoms with Crippen LogP contribution in [0, 0.1) is 0 Å². The first-order valence-electron chi connectivity index (χ1n) is 7.75. The highest BCUT2D eigenvalue weighted by Gasteiger charge is 2.39. The van der Waals surface area contributed by atoms with E-state index >= 15 is 0 Å². The van der Waals surface area contributed by atoms with Gasteiger partial charge >= 0.3 is 0 Å². The Morgan fingerprint density at radius 1 is 1.48 bits per heavy atom. The van der Waals surface area contributed by atoms with Crippen molar-refractivity contribution < 1.29 is 4.74 Å². The molecule has 1 aromatic rings. The highest BCUT2D eigenvalue weighted by Crippen LogP contribution is 2.31. The standard InChI is InChI=1S/C17H29N3O/c1-14-11-17(13-18,8-9-19(14)2)20(3)12-15-6-5-7-16(10-15)21-4/h5-7,10,14H,8-9,11-13,18H2,1-4H3. The maximum atomic E-state index is 6.17. The van der Waals surface area contributed by atoms with Crippen molar-refractivity contribution in [2.45, 2.75) is 37.9 Å². The molecule has 2 atom stereocenters. The van der Waals surface area contributed by atoms with Crippen LogP contribution in [0.15, 0.2) is 24.3 Å². The molecule has 1 aromatic carbocycles. The molecule has 4 nitrogen and oxygen atoms in total. The first kappa shape index (κ1) is 16.3. The zero-order chi connectivity index (χ0) is 15.5. The number of rotatable bonds is 5. The van der Waals surface area contributed by atoms with Gasteiger partial charge in [-0.2, -0.15) is 0 Å². The maximum Gasteiger partial charge on any atom is 0.119 e. The second kappa shape index (κ2) is 6.77. The van der Waals surface area contributed by atoms with Crippen LogP contribution in [0.4, 0.5) is 0 Å². The van der Waals surface area contributed by atoms with Crippen molar-refractivity contribution in [3.63, 3.8) is 0 Å². The summed E-state index contributed by atoms with van der Waals surface area (Å²) in [6.45, 7) is 5.03. The van der Waals surface area contributed by atoms with Gasteiger partial charge in [0.1, 0.15) is 5.75 Å². The van der Waals surface area contributed by atoms with Crippen molar-refractivity contribution in [3.8, 4) is 5.75 Å². The fraction of sp³-hybridized carbons (Fsp3) is 0.647. The van der Waals surface area contributed by atoms with Crippen LogP contribution in [0.1, 0.15) is 25.3 Å². The van der Waals surface area contributed by atoms with E-state index in [1.807, 2.05) is 12.1 Å². The highest BCUT2D eigenvalue weighted by atomic mass is 16.5. The molecule has 0 spiro atoms. The van der Waals surface area contributed by atoms with Gasteiger partial charge in [-0.15, -0.1) is 0 Å². The predicted molar refractivity (Wildman–Crippen MR) is 87.6 cm³/mol. The second-order valence-electron chi connectivity index (χ2n) is 6.42. The Morgan fingerprint density at radius 3 is 2.86 bits per heavy atom. The summed E-state index contributed by atoms with van der Waals surface area (Å²) in [4.78, 5) is 4.86. The number of likely N-dealkylation sites (N-methyl/N-ethyl adjacent to an activating group) is 1. The van der Waals surface area contributed by atoms with Crippen LogP contribution in [0.25, 0.3) is 0 Å². The van der Waals surface area contributed by atoms with Crippen molar-refractivity contribution in [3.05, 3.63) is 29.8 Å². The molecule has 1 aliphatic rings. The number of methoxy groups -OCH3 is 1. The lowest BCUT2D eigenvalue weighted by Gasteiger charge is -2.49. The van der Waals surface area contributed by atoms with Gasteiger partial charge in [0.15, 0.2) is 0 Å². The zero-order valence-corrected chi connectivity index (χ0v) is 13.8. The van der Waals surface area contributed by atoms with Gasteiger partial charge in [0.2, 0.25) is 0 Å². The fourth-order valence-corrected chi connectivity index (χ4v) is 3.31. The van der Waals surface area contributed by atoms with Crippen LogP contribution < -0.4 is 10.5 Å².